The molecule has 0 N–H and O–H groups in total. The minimum absolute atomic E-state index is 0.290. The van der Waals surface area contributed by atoms with E-state index < -0.39 is 27.0 Å². The average molecular weight is 1340 g/mol. The first kappa shape index (κ1) is 62.5. The maximum atomic E-state index is 2.79. The third-order valence-corrected chi connectivity index (χ3v) is 32.2. The Morgan fingerprint density at radius 1 is 0.245 bits per heavy atom. The fraction of sp³-hybridized carbons (Fsp3) is 0.0625. The molecule has 0 aliphatic carbocycles. The first-order chi connectivity index (χ1) is 50.1. The highest BCUT2D eigenvalue weighted by molar-refractivity contribution is 7.24. The summed E-state index contributed by atoms with van der Waals surface area (Å²) in [6.45, 7) is 9.33. The fourth-order valence-corrected chi connectivity index (χ4v) is 27.6. The van der Waals surface area contributed by atoms with Gasteiger partial charge < -0.3 is 14.4 Å². The number of aromatic nitrogens is 1. The molecule has 0 amide bonds. The number of anilines is 6. The first-order valence-corrected chi connectivity index (χ1v) is 39.8. The Bertz CT molecular complexity index is 5440. The van der Waals surface area contributed by atoms with Crippen LogP contribution in [0.3, 0.4) is 0 Å². The summed E-state index contributed by atoms with van der Waals surface area (Å²) in [5, 5.41) is 13.1. The molecular formula is C96H76BN3Si2. The van der Waals surface area contributed by atoms with Gasteiger partial charge in [0.1, 0.15) is 0 Å². The lowest BCUT2D eigenvalue weighted by molar-refractivity contribution is 0.617. The van der Waals surface area contributed by atoms with Gasteiger partial charge in [0.15, 0.2) is 16.1 Å². The summed E-state index contributed by atoms with van der Waals surface area (Å²) in [6, 6.07) is 149. The van der Waals surface area contributed by atoms with Crippen LogP contribution in [0.15, 0.2) is 388 Å². The summed E-state index contributed by atoms with van der Waals surface area (Å²) in [7, 11) is -6.93. The van der Waals surface area contributed by atoms with Gasteiger partial charge in [0, 0.05) is 55.7 Å². The van der Waals surface area contributed by atoms with Gasteiger partial charge in [0.05, 0.1) is 16.7 Å². The molecule has 3 heterocycles. The van der Waals surface area contributed by atoms with Gasteiger partial charge >= 0.3 is 0 Å². The first-order valence-electron chi connectivity index (χ1n) is 35.8. The van der Waals surface area contributed by atoms with Crippen LogP contribution < -0.4 is 67.7 Å². The van der Waals surface area contributed by atoms with E-state index in [9.17, 15) is 0 Å². The molecule has 16 aromatic rings. The van der Waals surface area contributed by atoms with Gasteiger partial charge in [0.2, 0.25) is 0 Å². The molecule has 15 aromatic carbocycles. The number of benzene rings is 15. The summed E-state index contributed by atoms with van der Waals surface area (Å²) in [5.41, 5.74) is 18.3. The van der Waals surface area contributed by atoms with Crippen LogP contribution in [-0.4, -0.2) is 27.4 Å². The highest BCUT2D eigenvalue weighted by atomic mass is 28.3. The van der Waals surface area contributed by atoms with Crippen LogP contribution in [0, 0.1) is 0 Å². The van der Waals surface area contributed by atoms with Crippen molar-refractivity contribution in [2.75, 3.05) is 9.80 Å². The Balaban J connectivity index is 1.06. The molecule has 486 valence electrons. The number of nitrogens with zero attached hydrogens (tertiary/aromatic N) is 3. The van der Waals surface area contributed by atoms with E-state index in [2.05, 4.69) is 430 Å². The SMILES string of the molecule is CC(C)(c1ccccc1)c1cc(N2c3ccccc3B3c4c2cc(-n2c5ccccc5c5ccccc52)cc4N(c2ccccc2)c2cc([Si](c4ccccc4)(c4ccccc4)c4ccccc4)cc([Si](c4ccccc4)(c4ccccc4)c4ccccc4)c23)cc(C(C)(C)c2ccccc2)c1. The van der Waals surface area contributed by atoms with Gasteiger partial charge in [-0.2, -0.15) is 0 Å². The minimum Gasteiger partial charge on any atom is -0.311 e. The monoisotopic (exact) mass is 1340 g/mol. The lowest BCUT2D eigenvalue weighted by atomic mass is 9.33. The highest BCUT2D eigenvalue weighted by Gasteiger charge is 2.53. The van der Waals surface area contributed by atoms with Gasteiger partial charge in [-0.1, -0.05) is 355 Å². The Morgan fingerprint density at radius 2 is 0.588 bits per heavy atom. The van der Waals surface area contributed by atoms with Crippen LogP contribution in [0.25, 0.3) is 27.5 Å². The van der Waals surface area contributed by atoms with Crippen molar-refractivity contribution in [1.29, 1.82) is 0 Å². The summed E-state index contributed by atoms with van der Waals surface area (Å²) in [6.07, 6.45) is 0. The van der Waals surface area contributed by atoms with Gasteiger partial charge in [-0.05, 0) is 141 Å². The van der Waals surface area contributed by atoms with E-state index in [-0.39, 0.29) is 6.71 Å². The zero-order valence-electron chi connectivity index (χ0n) is 57.9. The minimum atomic E-state index is -3.56. The molecule has 1 aromatic heterocycles. The Hall–Kier alpha value is -11.8. The summed E-state index contributed by atoms with van der Waals surface area (Å²) < 4.78 is 2.55. The van der Waals surface area contributed by atoms with E-state index in [0.29, 0.717) is 0 Å². The molecule has 0 unspecified atom stereocenters. The maximum Gasteiger partial charge on any atom is 0.252 e. The van der Waals surface area contributed by atoms with Crippen molar-refractivity contribution in [3.05, 3.63) is 411 Å². The fourth-order valence-electron chi connectivity index (χ4n) is 17.6. The average Bonchev–Trinajstić information content (AvgIpc) is 0.934. The van der Waals surface area contributed by atoms with Crippen molar-refractivity contribution in [1.82, 2.24) is 4.57 Å². The predicted molar refractivity (Wildman–Crippen MR) is 439 cm³/mol. The van der Waals surface area contributed by atoms with Crippen LogP contribution in [-0.2, 0) is 10.8 Å². The second-order valence-corrected chi connectivity index (χ2v) is 36.2. The van der Waals surface area contributed by atoms with Gasteiger partial charge in [-0.15, -0.1) is 0 Å². The second kappa shape index (κ2) is 25.1. The highest BCUT2D eigenvalue weighted by Crippen LogP contribution is 2.49. The Labute approximate surface area is 601 Å². The molecule has 0 saturated carbocycles. The van der Waals surface area contributed by atoms with Crippen molar-refractivity contribution >= 4 is 137 Å². The standard InChI is InChI=1S/C96H76BN3Si2/c1-95(2,69-38-14-5-15-39-69)71-62-72(96(3,4)70-40-16-6-17-41-70)64-74(63-71)100-88-61-37-34-58-85(88)97-93-89(65-75(66-90(93)100)99-86-59-35-32-56-83(86)84-57-33-36-60-87(84)99)98(73-42-18-7-19-43-73)91-67-82(101(76-44-20-8-21-45-76,77-46-22-9-23-47-77)78-48-24-10-25-49-78)68-92(94(91)97)102(79-50-26-11-27-51-79,80-52-28-12-29-53-80)81-54-30-13-31-55-81/h5-68H,1-4H3. The normalized spacial score (nSPS) is 12.8. The van der Waals surface area contributed by atoms with Crippen molar-refractivity contribution < 1.29 is 0 Å². The van der Waals surface area contributed by atoms with Crippen molar-refractivity contribution in [3.8, 4) is 5.69 Å². The number of hydrogen-bond donors (Lipinski definition) is 0. The summed E-state index contributed by atoms with van der Waals surface area (Å²) in [5.74, 6) is 0. The van der Waals surface area contributed by atoms with E-state index in [1.807, 2.05) is 0 Å². The molecule has 102 heavy (non-hydrogen) atoms. The number of hydrogen-bond acceptors (Lipinski definition) is 2. The number of fused-ring (bicyclic) bond motifs is 7. The number of rotatable bonds is 15. The summed E-state index contributed by atoms with van der Waals surface area (Å²) >= 11 is 0. The lowest BCUT2D eigenvalue weighted by Crippen LogP contribution is -2.82. The molecule has 0 atom stereocenters. The number of para-hydroxylation sites is 4. The topological polar surface area (TPSA) is 11.4 Å². The molecule has 0 radical (unpaired) electrons. The molecule has 0 spiro atoms. The smallest absolute Gasteiger partial charge is 0.252 e. The molecule has 2 aliphatic heterocycles. The molecular weight excluding hydrogens is 1260 g/mol. The van der Waals surface area contributed by atoms with Crippen molar-refractivity contribution in [2.24, 2.45) is 0 Å². The van der Waals surface area contributed by atoms with Crippen molar-refractivity contribution in [3.63, 3.8) is 0 Å². The molecule has 18 rings (SSSR count). The molecule has 3 nitrogen and oxygen atoms in total. The van der Waals surface area contributed by atoms with Gasteiger partial charge in [-0.25, -0.2) is 0 Å². The molecule has 0 fully saturated rings. The summed E-state index contributed by atoms with van der Waals surface area (Å²) in [4.78, 5) is 5.38. The van der Waals surface area contributed by atoms with Gasteiger partial charge in [-0.3, -0.25) is 0 Å². The Morgan fingerprint density at radius 3 is 1.02 bits per heavy atom. The van der Waals surface area contributed by atoms with Crippen LogP contribution in [0.4, 0.5) is 34.1 Å². The van der Waals surface area contributed by atoms with Crippen LogP contribution in [0.5, 0.6) is 0 Å². The maximum absolute atomic E-state index is 3.56. The molecule has 0 bridgehead atoms. The van der Waals surface area contributed by atoms with Gasteiger partial charge in [0.25, 0.3) is 6.71 Å². The largest absolute Gasteiger partial charge is 0.311 e. The third kappa shape index (κ3) is 9.83. The van der Waals surface area contributed by atoms with E-state index >= 15 is 0 Å². The third-order valence-electron chi connectivity index (χ3n) is 22.6. The van der Waals surface area contributed by atoms with Crippen LogP contribution >= 0.6 is 0 Å². The van der Waals surface area contributed by atoms with Crippen molar-refractivity contribution in [2.45, 2.75) is 38.5 Å². The zero-order valence-corrected chi connectivity index (χ0v) is 59.9. The Kier molecular flexibility index (Phi) is 15.4. The molecule has 6 heteroatoms. The molecule has 2 aliphatic rings. The van der Waals surface area contributed by atoms with Crippen LogP contribution in [0.1, 0.15) is 49.9 Å². The lowest BCUT2D eigenvalue weighted by Gasteiger charge is -2.48. The second-order valence-electron chi connectivity index (χ2n) is 28.7. The zero-order chi connectivity index (χ0) is 68.6. The van der Waals surface area contributed by atoms with Crippen LogP contribution in [0.2, 0.25) is 0 Å². The molecule has 0 saturated heterocycles. The van der Waals surface area contributed by atoms with E-state index in [1.165, 1.54) is 96.6 Å². The van der Waals surface area contributed by atoms with E-state index in [4.69, 9.17) is 0 Å². The quantitative estimate of drug-likeness (QED) is 0.0749. The van der Waals surface area contributed by atoms with E-state index in [1.54, 1.807) is 0 Å². The predicted octanol–water partition coefficient (Wildman–Crippen LogP) is 16.3. The van der Waals surface area contributed by atoms with E-state index in [0.717, 1.165) is 45.2 Å².